The topological polar surface area (TPSA) is 93.8 Å². The van der Waals surface area contributed by atoms with E-state index in [1.165, 1.54) is 18.7 Å². The largest absolute Gasteiger partial charge is 0.465 e. The third-order valence-electron chi connectivity index (χ3n) is 4.46. The number of nitro benzene ring substituents is 1. The Kier molecular flexibility index (Phi) is 6.66. The second-order valence-electron chi connectivity index (χ2n) is 6.33. The zero-order valence-electron chi connectivity index (χ0n) is 16.1. The van der Waals surface area contributed by atoms with Gasteiger partial charge in [-0.05, 0) is 25.0 Å². The SMILES string of the molecule is COC(=O)C1=C(c2ccccc2[N+](=O)[O-])NC(SCCc2ccccc2)N=C1C. The Morgan fingerprint density at radius 3 is 2.59 bits per heavy atom. The van der Waals surface area contributed by atoms with E-state index in [2.05, 4.69) is 22.4 Å². The first kappa shape index (κ1) is 20.6. The van der Waals surface area contributed by atoms with E-state index in [0.29, 0.717) is 17.0 Å². The van der Waals surface area contributed by atoms with Crippen molar-refractivity contribution >= 4 is 34.8 Å². The maximum Gasteiger partial charge on any atom is 0.341 e. The summed E-state index contributed by atoms with van der Waals surface area (Å²) in [6.07, 6.45) is 0.868. The highest BCUT2D eigenvalue weighted by molar-refractivity contribution is 7.99. The number of para-hydroxylation sites is 1. The van der Waals surface area contributed by atoms with Crippen LogP contribution in [-0.4, -0.2) is 35.0 Å². The lowest BCUT2D eigenvalue weighted by atomic mass is 10.0. The van der Waals surface area contributed by atoms with Gasteiger partial charge in [0, 0.05) is 11.8 Å². The van der Waals surface area contributed by atoms with Crippen LogP contribution in [0.15, 0.2) is 65.2 Å². The molecular weight excluding hydrogens is 390 g/mol. The molecule has 0 aromatic heterocycles. The molecule has 0 radical (unpaired) electrons. The van der Waals surface area contributed by atoms with Crippen molar-refractivity contribution in [3.05, 3.63) is 81.4 Å². The molecule has 1 unspecified atom stereocenters. The number of thioether (sulfide) groups is 1. The van der Waals surface area contributed by atoms with Gasteiger partial charge in [0.2, 0.25) is 0 Å². The number of benzene rings is 2. The Bertz CT molecular complexity index is 973. The molecule has 0 amide bonds. The first-order chi connectivity index (χ1) is 14.0. The van der Waals surface area contributed by atoms with Crippen LogP contribution in [0.25, 0.3) is 5.70 Å². The smallest absolute Gasteiger partial charge is 0.341 e. The van der Waals surface area contributed by atoms with Gasteiger partial charge in [-0.15, -0.1) is 11.8 Å². The number of nitro groups is 1. The highest BCUT2D eigenvalue weighted by Crippen LogP contribution is 2.32. The first-order valence-corrected chi connectivity index (χ1v) is 10.1. The molecule has 0 saturated carbocycles. The first-order valence-electron chi connectivity index (χ1n) is 9.04. The van der Waals surface area contributed by atoms with Gasteiger partial charge < -0.3 is 10.1 Å². The lowest BCUT2D eigenvalue weighted by molar-refractivity contribution is -0.385. The molecule has 29 heavy (non-hydrogen) atoms. The zero-order chi connectivity index (χ0) is 20.8. The predicted molar refractivity (Wildman–Crippen MR) is 115 cm³/mol. The molecule has 8 heteroatoms. The van der Waals surface area contributed by atoms with Crippen molar-refractivity contribution in [2.24, 2.45) is 4.99 Å². The predicted octanol–water partition coefficient (Wildman–Crippen LogP) is 3.80. The monoisotopic (exact) mass is 411 g/mol. The summed E-state index contributed by atoms with van der Waals surface area (Å²) in [7, 11) is 1.28. The van der Waals surface area contributed by atoms with Crippen molar-refractivity contribution < 1.29 is 14.5 Å². The fraction of sp³-hybridized carbons (Fsp3) is 0.238. The molecule has 0 bridgehead atoms. The van der Waals surface area contributed by atoms with Crippen molar-refractivity contribution in [3.63, 3.8) is 0 Å². The number of carbonyl (C=O) groups is 1. The van der Waals surface area contributed by atoms with E-state index in [1.54, 1.807) is 36.9 Å². The van der Waals surface area contributed by atoms with Crippen molar-refractivity contribution in [1.29, 1.82) is 0 Å². The number of hydrogen-bond donors (Lipinski definition) is 1. The van der Waals surface area contributed by atoms with E-state index in [4.69, 9.17) is 4.74 Å². The van der Waals surface area contributed by atoms with Crippen LogP contribution in [0.4, 0.5) is 5.69 Å². The summed E-state index contributed by atoms with van der Waals surface area (Å²) < 4.78 is 4.89. The maximum atomic E-state index is 12.4. The second kappa shape index (κ2) is 9.38. The molecule has 1 N–H and O–H groups in total. The Balaban J connectivity index is 1.87. The van der Waals surface area contributed by atoms with Gasteiger partial charge in [-0.1, -0.05) is 42.5 Å². The fourth-order valence-corrected chi connectivity index (χ4v) is 4.08. The standard InChI is InChI=1S/C21H21N3O4S/c1-14-18(20(25)28-2)19(16-10-6-7-11-17(16)24(26)27)23-21(22-14)29-13-12-15-8-4-3-5-9-15/h3-11,21,23H,12-13H2,1-2H3. The number of aryl methyl sites for hydroxylation is 1. The van der Waals surface area contributed by atoms with E-state index in [0.717, 1.165) is 12.2 Å². The van der Waals surface area contributed by atoms with Gasteiger partial charge in [-0.3, -0.25) is 15.1 Å². The molecule has 1 aliphatic heterocycles. The minimum atomic E-state index is -0.584. The Labute approximate surface area is 173 Å². The summed E-state index contributed by atoms with van der Waals surface area (Å²) in [5.41, 5.74) is 2.18. The highest BCUT2D eigenvalue weighted by Gasteiger charge is 2.30. The third kappa shape index (κ3) is 4.83. The number of aliphatic imine (C=N–C) groups is 1. The van der Waals surface area contributed by atoms with Crippen LogP contribution in [0, 0.1) is 10.1 Å². The number of methoxy groups -OCH3 is 1. The van der Waals surface area contributed by atoms with E-state index in [-0.39, 0.29) is 16.8 Å². The number of esters is 1. The molecule has 0 spiro atoms. The van der Waals surface area contributed by atoms with Gasteiger partial charge in [-0.2, -0.15) is 0 Å². The van der Waals surface area contributed by atoms with Gasteiger partial charge >= 0.3 is 5.97 Å². The van der Waals surface area contributed by atoms with Gasteiger partial charge in [0.1, 0.15) is 5.57 Å². The molecule has 0 saturated heterocycles. The van der Waals surface area contributed by atoms with Crippen LogP contribution in [0.3, 0.4) is 0 Å². The molecule has 2 aromatic carbocycles. The van der Waals surface area contributed by atoms with Crippen LogP contribution in [0.5, 0.6) is 0 Å². The average molecular weight is 411 g/mol. The average Bonchev–Trinajstić information content (AvgIpc) is 2.73. The molecule has 1 heterocycles. The number of rotatable bonds is 7. The number of nitrogens with zero attached hydrogens (tertiary/aromatic N) is 2. The van der Waals surface area contributed by atoms with Gasteiger partial charge in [-0.25, -0.2) is 4.79 Å². The molecule has 7 nitrogen and oxygen atoms in total. The minimum absolute atomic E-state index is 0.0841. The maximum absolute atomic E-state index is 12.4. The second-order valence-corrected chi connectivity index (χ2v) is 7.52. The van der Waals surface area contributed by atoms with Crippen LogP contribution in [-0.2, 0) is 16.0 Å². The zero-order valence-corrected chi connectivity index (χ0v) is 16.9. The van der Waals surface area contributed by atoms with E-state index in [1.807, 2.05) is 18.2 Å². The van der Waals surface area contributed by atoms with Gasteiger partial charge in [0.15, 0.2) is 5.50 Å². The van der Waals surface area contributed by atoms with E-state index < -0.39 is 10.9 Å². The summed E-state index contributed by atoms with van der Waals surface area (Å²) in [4.78, 5) is 28.0. The number of carbonyl (C=O) groups excluding carboxylic acids is 1. The molecule has 0 fully saturated rings. The lowest BCUT2D eigenvalue weighted by Crippen LogP contribution is -2.33. The number of nitrogens with one attached hydrogen (secondary N) is 1. The van der Waals surface area contributed by atoms with Crippen LogP contribution < -0.4 is 5.32 Å². The van der Waals surface area contributed by atoms with Gasteiger partial charge in [0.25, 0.3) is 5.69 Å². The molecule has 150 valence electrons. The van der Waals surface area contributed by atoms with E-state index in [9.17, 15) is 14.9 Å². The van der Waals surface area contributed by atoms with Crippen molar-refractivity contribution in [2.45, 2.75) is 18.8 Å². The highest BCUT2D eigenvalue weighted by atomic mass is 32.2. The molecule has 1 aliphatic rings. The van der Waals surface area contributed by atoms with E-state index >= 15 is 0 Å². The number of ether oxygens (including phenoxy) is 1. The molecule has 3 rings (SSSR count). The van der Waals surface area contributed by atoms with Crippen LogP contribution >= 0.6 is 11.8 Å². The normalized spacial score (nSPS) is 16.1. The third-order valence-corrected chi connectivity index (χ3v) is 5.44. The quantitative estimate of drug-likeness (QED) is 0.423. The minimum Gasteiger partial charge on any atom is -0.465 e. The van der Waals surface area contributed by atoms with Crippen molar-refractivity contribution in [2.75, 3.05) is 12.9 Å². The Hall–Kier alpha value is -3.13. The van der Waals surface area contributed by atoms with Crippen LogP contribution in [0.2, 0.25) is 0 Å². The van der Waals surface area contributed by atoms with Crippen molar-refractivity contribution in [1.82, 2.24) is 5.32 Å². The fourth-order valence-electron chi connectivity index (χ4n) is 3.07. The van der Waals surface area contributed by atoms with Crippen molar-refractivity contribution in [3.8, 4) is 0 Å². The Morgan fingerprint density at radius 1 is 1.21 bits per heavy atom. The lowest BCUT2D eigenvalue weighted by Gasteiger charge is -2.26. The molecule has 2 aromatic rings. The van der Waals surface area contributed by atoms with Crippen LogP contribution in [0.1, 0.15) is 18.1 Å². The summed E-state index contributed by atoms with van der Waals surface area (Å²) in [6.45, 7) is 1.71. The summed E-state index contributed by atoms with van der Waals surface area (Å²) in [5, 5.41) is 14.7. The molecule has 1 atom stereocenters. The Morgan fingerprint density at radius 2 is 1.90 bits per heavy atom. The molecule has 0 aliphatic carbocycles. The number of hydrogen-bond acceptors (Lipinski definition) is 7. The summed E-state index contributed by atoms with van der Waals surface area (Å²) >= 11 is 1.58. The molecular formula is C21H21N3O4S. The van der Waals surface area contributed by atoms with Gasteiger partial charge in [0.05, 0.1) is 29.0 Å². The summed E-state index contributed by atoms with van der Waals surface area (Å²) in [5.74, 6) is 0.218. The summed E-state index contributed by atoms with van der Waals surface area (Å²) in [6, 6.07) is 16.4.